The van der Waals surface area contributed by atoms with Crippen molar-refractivity contribution in [2.45, 2.75) is 38.8 Å². The molecule has 1 aliphatic heterocycles. The molecule has 24 heavy (non-hydrogen) atoms. The lowest BCUT2D eigenvalue weighted by atomic mass is 9.94. The van der Waals surface area contributed by atoms with Gasteiger partial charge in [0.2, 0.25) is 5.43 Å². The Morgan fingerprint density at radius 2 is 1.67 bits per heavy atom. The third-order valence-electron chi connectivity index (χ3n) is 5.17. The molecule has 0 aromatic carbocycles. The Bertz CT molecular complexity index is 725. The Morgan fingerprint density at radius 3 is 2.17 bits per heavy atom. The Hall–Kier alpha value is -2.15. The predicted octanol–water partition coefficient (Wildman–Crippen LogP) is 0.970. The van der Waals surface area contributed by atoms with E-state index >= 15 is 0 Å². The third kappa shape index (κ3) is 2.73. The molecule has 7 nitrogen and oxygen atoms in total. The van der Waals surface area contributed by atoms with Crippen molar-refractivity contribution in [3.63, 3.8) is 0 Å². The summed E-state index contributed by atoms with van der Waals surface area (Å²) in [5.41, 5.74) is -1.25. The molecule has 1 aromatic heterocycles. The number of rotatable bonds is 3. The SMILES string of the molecule is CC(C)n1cc(C(=O)O)c(=O)c(C(=O)N2C[C@H]3CC[C@@H](C2)C3O)c1. The molecule has 3 rings (SSSR count). The van der Waals surface area contributed by atoms with Crippen LogP contribution >= 0.6 is 0 Å². The zero-order chi connectivity index (χ0) is 17.6. The standard InChI is InChI=1S/C17H22N2O5/c1-9(2)18-7-12(15(21)13(8-18)17(23)24)16(22)19-5-10-3-4-11(6-19)14(10)20/h7-11,14,20H,3-6H2,1-2H3,(H,23,24)/t10-,11+,14?. The molecule has 2 N–H and O–H groups in total. The van der Waals surface area contributed by atoms with Gasteiger partial charge >= 0.3 is 5.97 Å². The highest BCUT2D eigenvalue weighted by molar-refractivity contribution is 5.97. The van der Waals surface area contributed by atoms with E-state index in [1.165, 1.54) is 12.4 Å². The van der Waals surface area contributed by atoms with Crippen molar-refractivity contribution in [2.24, 2.45) is 11.8 Å². The Balaban J connectivity index is 1.98. The molecule has 1 saturated heterocycles. The van der Waals surface area contributed by atoms with Crippen LogP contribution in [0.25, 0.3) is 0 Å². The van der Waals surface area contributed by atoms with Crippen LogP contribution in [-0.4, -0.2) is 50.8 Å². The maximum absolute atomic E-state index is 12.8. The number of fused-ring (bicyclic) bond motifs is 2. The molecule has 7 heteroatoms. The molecule has 3 atom stereocenters. The van der Waals surface area contributed by atoms with E-state index < -0.39 is 22.9 Å². The molecule has 2 fully saturated rings. The van der Waals surface area contributed by atoms with Gasteiger partial charge < -0.3 is 19.7 Å². The zero-order valence-electron chi connectivity index (χ0n) is 13.8. The molecule has 1 amide bonds. The van der Waals surface area contributed by atoms with Gasteiger partial charge in [0, 0.05) is 43.4 Å². The van der Waals surface area contributed by atoms with E-state index in [4.69, 9.17) is 0 Å². The van der Waals surface area contributed by atoms with Crippen LogP contribution in [-0.2, 0) is 0 Å². The van der Waals surface area contributed by atoms with E-state index in [1.807, 2.05) is 13.8 Å². The summed E-state index contributed by atoms with van der Waals surface area (Å²) >= 11 is 0. The van der Waals surface area contributed by atoms with Crippen LogP contribution in [0.5, 0.6) is 0 Å². The number of likely N-dealkylation sites (tertiary alicyclic amines) is 1. The van der Waals surface area contributed by atoms with Crippen LogP contribution in [0.3, 0.4) is 0 Å². The number of nitrogens with zero attached hydrogens (tertiary/aromatic N) is 2. The largest absolute Gasteiger partial charge is 0.477 e. The first-order valence-electron chi connectivity index (χ1n) is 8.26. The minimum atomic E-state index is -1.34. The van der Waals surface area contributed by atoms with Crippen molar-refractivity contribution in [3.05, 3.63) is 33.7 Å². The molecule has 1 unspecified atom stereocenters. The van der Waals surface area contributed by atoms with E-state index in [-0.39, 0.29) is 29.5 Å². The summed E-state index contributed by atoms with van der Waals surface area (Å²) in [5.74, 6) is -1.69. The Morgan fingerprint density at radius 1 is 1.12 bits per heavy atom. The number of aliphatic hydroxyl groups excluding tert-OH is 1. The van der Waals surface area contributed by atoms with Gasteiger partial charge in [-0.2, -0.15) is 0 Å². The number of carbonyl (C=O) groups excluding carboxylic acids is 1. The second-order valence-electron chi connectivity index (χ2n) is 7.06. The number of aromatic nitrogens is 1. The van der Waals surface area contributed by atoms with Gasteiger partial charge in [0.15, 0.2) is 0 Å². The quantitative estimate of drug-likeness (QED) is 0.858. The minimum Gasteiger partial charge on any atom is -0.477 e. The van der Waals surface area contributed by atoms with Crippen molar-refractivity contribution in [1.29, 1.82) is 0 Å². The van der Waals surface area contributed by atoms with Crippen molar-refractivity contribution in [3.8, 4) is 0 Å². The van der Waals surface area contributed by atoms with Gasteiger partial charge in [0.05, 0.1) is 6.10 Å². The lowest BCUT2D eigenvalue weighted by molar-refractivity contribution is 0.0165. The summed E-state index contributed by atoms with van der Waals surface area (Å²) < 4.78 is 1.57. The Kier molecular flexibility index (Phi) is 4.21. The van der Waals surface area contributed by atoms with Crippen LogP contribution in [0.15, 0.2) is 17.2 Å². The highest BCUT2D eigenvalue weighted by Crippen LogP contribution is 2.37. The second-order valence-corrected chi connectivity index (χ2v) is 7.06. The minimum absolute atomic E-state index is 0.0441. The van der Waals surface area contributed by atoms with Crippen LogP contribution < -0.4 is 5.43 Å². The molecule has 0 radical (unpaired) electrons. The van der Waals surface area contributed by atoms with E-state index in [0.717, 1.165) is 12.8 Å². The summed E-state index contributed by atoms with van der Waals surface area (Å²) in [5, 5.41) is 19.3. The summed E-state index contributed by atoms with van der Waals surface area (Å²) in [6.07, 6.45) is 4.08. The fourth-order valence-corrected chi connectivity index (χ4v) is 3.73. The van der Waals surface area contributed by atoms with Crippen molar-refractivity contribution in [2.75, 3.05) is 13.1 Å². The molecular weight excluding hydrogens is 312 g/mol. The van der Waals surface area contributed by atoms with Crippen LogP contribution in [0.1, 0.15) is 53.4 Å². The number of carboxylic acids is 1. The smallest absolute Gasteiger partial charge is 0.341 e. The summed E-state index contributed by atoms with van der Waals surface area (Å²) in [6, 6.07) is -0.0744. The summed E-state index contributed by atoms with van der Waals surface area (Å²) in [6.45, 7) is 4.52. The number of hydrogen-bond acceptors (Lipinski definition) is 4. The topological polar surface area (TPSA) is 99.8 Å². The molecule has 0 spiro atoms. The Labute approximate surface area is 139 Å². The lowest BCUT2D eigenvalue weighted by Crippen LogP contribution is -2.48. The van der Waals surface area contributed by atoms with Crippen molar-refractivity contribution in [1.82, 2.24) is 9.47 Å². The molecular formula is C17H22N2O5. The van der Waals surface area contributed by atoms with E-state index in [9.17, 15) is 24.6 Å². The number of aliphatic hydroxyl groups is 1. The van der Waals surface area contributed by atoms with Crippen molar-refractivity contribution < 1.29 is 19.8 Å². The first-order valence-corrected chi connectivity index (χ1v) is 8.26. The number of pyridine rings is 1. The maximum Gasteiger partial charge on any atom is 0.341 e. The van der Waals surface area contributed by atoms with Gasteiger partial charge in [-0.3, -0.25) is 9.59 Å². The lowest BCUT2D eigenvalue weighted by Gasteiger charge is -2.35. The van der Waals surface area contributed by atoms with Gasteiger partial charge in [0.1, 0.15) is 11.1 Å². The van der Waals surface area contributed by atoms with Crippen molar-refractivity contribution >= 4 is 11.9 Å². The van der Waals surface area contributed by atoms with Gasteiger partial charge in [-0.05, 0) is 26.7 Å². The second kappa shape index (κ2) is 6.05. The third-order valence-corrected chi connectivity index (χ3v) is 5.17. The molecule has 1 aromatic rings. The van der Waals surface area contributed by atoms with Gasteiger partial charge in [-0.1, -0.05) is 0 Å². The van der Waals surface area contributed by atoms with Gasteiger partial charge in [-0.15, -0.1) is 0 Å². The number of aromatic carboxylic acids is 1. The van der Waals surface area contributed by atoms with Crippen LogP contribution in [0.2, 0.25) is 0 Å². The van der Waals surface area contributed by atoms with E-state index in [1.54, 1.807) is 9.47 Å². The normalized spacial score (nSPS) is 26.0. The average molecular weight is 334 g/mol. The molecule has 2 aliphatic rings. The first-order chi connectivity index (χ1) is 11.3. The number of amides is 1. The van der Waals surface area contributed by atoms with Crippen LogP contribution in [0, 0.1) is 11.8 Å². The molecule has 1 aliphatic carbocycles. The van der Waals surface area contributed by atoms with Gasteiger partial charge in [-0.25, -0.2) is 4.79 Å². The number of piperidine rings is 1. The molecule has 130 valence electrons. The first kappa shape index (κ1) is 16.7. The summed E-state index contributed by atoms with van der Waals surface area (Å²) in [4.78, 5) is 38.2. The van der Waals surface area contributed by atoms with E-state index in [0.29, 0.717) is 13.1 Å². The molecule has 1 saturated carbocycles. The maximum atomic E-state index is 12.8. The van der Waals surface area contributed by atoms with Gasteiger partial charge in [0.25, 0.3) is 5.91 Å². The van der Waals surface area contributed by atoms with Crippen LogP contribution in [0.4, 0.5) is 0 Å². The van der Waals surface area contributed by atoms with E-state index in [2.05, 4.69) is 0 Å². The number of carbonyl (C=O) groups is 2. The average Bonchev–Trinajstić information content (AvgIpc) is 2.75. The highest BCUT2D eigenvalue weighted by atomic mass is 16.4. The summed E-state index contributed by atoms with van der Waals surface area (Å²) in [7, 11) is 0. The zero-order valence-corrected chi connectivity index (χ0v) is 13.8. The monoisotopic (exact) mass is 334 g/mol. The fourth-order valence-electron chi connectivity index (χ4n) is 3.73. The molecule has 2 bridgehead atoms. The molecule has 2 heterocycles. The highest BCUT2D eigenvalue weighted by Gasteiger charge is 2.42. The number of carboxylic acid groups (broad SMARTS) is 1. The fraction of sp³-hybridized carbons (Fsp3) is 0.588. The number of hydrogen-bond donors (Lipinski definition) is 2. The predicted molar refractivity (Wildman–Crippen MR) is 86.2 cm³/mol.